The van der Waals surface area contributed by atoms with Gasteiger partial charge in [0.2, 0.25) is 11.0 Å². The minimum atomic E-state index is -0.674. The molecular weight excluding hydrogens is 224 g/mol. The molecule has 1 unspecified atom stereocenters. The van der Waals surface area contributed by atoms with Crippen LogP contribution in [0.4, 0.5) is 11.5 Å². The maximum Gasteiger partial charge on any atom is 0.348 e. The Hall–Kier alpha value is -1.47. The number of rotatable bonds is 4. The average molecular weight is 233 g/mol. The van der Waals surface area contributed by atoms with E-state index in [1.165, 1.54) is 0 Å². The molecule has 1 aromatic rings. The van der Waals surface area contributed by atoms with Crippen LogP contribution in [0.3, 0.4) is 0 Å². The minimum Gasteiger partial charge on any atom is -0.392 e. The summed E-state index contributed by atoms with van der Waals surface area (Å²) in [5, 5.41) is 22.0. The van der Waals surface area contributed by atoms with Crippen LogP contribution in [0.2, 0.25) is 5.15 Å². The highest BCUT2D eigenvalue weighted by Crippen LogP contribution is 2.27. The van der Waals surface area contributed by atoms with E-state index >= 15 is 0 Å². The molecule has 1 rings (SSSR count). The monoisotopic (exact) mass is 232 g/mol. The molecule has 1 aromatic heterocycles. The first-order valence-electron chi connectivity index (χ1n) is 4.09. The van der Waals surface area contributed by atoms with Gasteiger partial charge in [0.1, 0.15) is 6.33 Å². The van der Waals surface area contributed by atoms with Crippen molar-refractivity contribution in [2.24, 2.45) is 0 Å². The van der Waals surface area contributed by atoms with Crippen molar-refractivity contribution in [3.05, 3.63) is 21.6 Å². The number of aliphatic hydroxyl groups is 1. The van der Waals surface area contributed by atoms with Crippen LogP contribution in [0.5, 0.6) is 0 Å². The maximum atomic E-state index is 10.6. The smallest absolute Gasteiger partial charge is 0.348 e. The summed E-state index contributed by atoms with van der Waals surface area (Å²) in [6.45, 7) is 1.69. The average Bonchev–Trinajstić information content (AvgIpc) is 2.13. The van der Waals surface area contributed by atoms with E-state index in [0.717, 1.165) is 6.33 Å². The van der Waals surface area contributed by atoms with Crippen LogP contribution in [0.1, 0.15) is 6.92 Å². The predicted octanol–water partition coefficient (Wildman–Crippen LogP) is 0.831. The fourth-order valence-corrected chi connectivity index (χ4v) is 1.09. The quantitative estimate of drug-likeness (QED) is 0.453. The lowest BCUT2D eigenvalue weighted by molar-refractivity contribution is -0.384. The minimum absolute atomic E-state index is 0.000833. The third-order valence-electron chi connectivity index (χ3n) is 1.53. The number of nitro groups is 1. The van der Waals surface area contributed by atoms with Crippen LogP contribution >= 0.6 is 11.6 Å². The lowest BCUT2D eigenvalue weighted by atomic mass is 10.4. The largest absolute Gasteiger partial charge is 0.392 e. The molecule has 0 saturated heterocycles. The number of anilines is 1. The number of nitrogens with zero attached hydrogens (tertiary/aromatic N) is 3. The van der Waals surface area contributed by atoms with E-state index in [1.807, 2.05) is 0 Å². The van der Waals surface area contributed by atoms with Gasteiger partial charge in [-0.25, -0.2) is 9.97 Å². The topological polar surface area (TPSA) is 101 Å². The van der Waals surface area contributed by atoms with E-state index in [4.69, 9.17) is 16.7 Å². The number of hydrogen-bond donors (Lipinski definition) is 2. The van der Waals surface area contributed by atoms with Gasteiger partial charge in [0.05, 0.1) is 11.0 Å². The Kier molecular flexibility index (Phi) is 3.75. The number of hydrogen-bond acceptors (Lipinski definition) is 6. The van der Waals surface area contributed by atoms with Gasteiger partial charge in [0, 0.05) is 6.54 Å². The van der Waals surface area contributed by atoms with Gasteiger partial charge in [0.15, 0.2) is 0 Å². The fourth-order valence-electron chi connectivity index (χ4n) is 0.893. The Labute approximate surface area is 90.3 Å². The van der Waals surface area contributed by atoms with Gasteiger partial charge in [-0.3, -0.25) is 10.1 Å². The molecule has 1 heterocycles. The molecule has 15 heavy (non-hydrogen) atoms. The highest BCUT2D eigenvalue weighted by Gasteiger charge is 2.21. The Morgan fingerprint density at radius 2 is 2.40 bits per heavy atom. The molecule has 0 radical (unpaired) electrons. The summed E-state index contributed by atoms with van der Waals surface area (Å²) in [5.41, 5.74) is -0.389. The molecule has 82 valence electrons. The Bertz CT molecular complexity index is 371. The van der Waals surface area contributed by atoms with E-state index in [9.17, 15) is 10.1 Å². The SMILES string of the molecule is CC(O)CNc1ncnc(Cl)c1[N+](=O)[O-]. The van der Waals surface area contributed by atoms with Crippen molar-refractivity contribution in [1.82, 2.24) is 9.97 Å². The van der Waals surface area contributed by atoms with E-state index in [2.05, 4.69) is 15.3 Å². The highest BCUT2D eigenvalue weighted by atomic mass is 35.5. The summed E-state index contributed by atoms with van der Waals surface area (Å²) in [4.78, 5) is 17.1. The van der Waals surface area contributed by atoms with Crippen LogP contribution in [-0.4, -0.2) is 32.6 Å². The lowest BCUT2D eigenvalue weighted by Gasteiger charge is -2.07. The third kappa shape index (κ3) is 3.00. The molecule has 0 aliphatic heterocycles. The summed E-state index contributed by atoms with van der Waals surface area (Å²) in [6, 6.07) is 0. The van der Waals surface area contributed by atoms with Gasteiger partial charge < -0.3 is 10.4 Å². The van der Waals surface area contributed by atoms with Crippen LogP contribution in [0, 0.1) is 10.1 Å². The second-order valence-corrected chi connectivity index (χ2v) is 3.21. The molecule has 0 aliphatic rings. The van der Waals surface area contributed by atoms with Gasteiger partial charge in [-0.1, -0.05) is 11.6 Å². The van der Waals surface area contributed by atoms with Crippen molar-refractivity contribution >= 4 is 23.1 Å². The molecule has 2 N–H and O–H groups in total. The van der Waals surface area contributed by atoms with Crippen molar-refractivity contribution in [3.63, 3.8) is 0 Å². The molecule has 7 nitrogen and oxygen atoms in total. The van der Waals surface area contributed by atoms with Gasteiger partial charge in [-0.05, 0) is 6.92 Å². The van der Waals surface area contributed by atoms with Crippen molar-refractivity contribution in [2.75, 3.05) is 11.9 Å². The molecular formula is C7H9ClN4O3. The summed E-state index contributed by atoms with van der Waals surface area (Å²) in [7, 11) is 0. The predicted molar refractivity (Wildman–Crippen MR) is 53.9 cm³/mol. The summed E-state index contributed by atoms with van der Waals surface area (Å²) in [5.74, 6) is 0.000833. The molecule has 0 aliphatic carbocycles. The summed E-state index contributed by atoms with van der Waals surface area (Å²) >= 11 is 5.54. The second kappa shape index (κ2) is 4.85. The maximum absolute atomic E-state index is 10.6. The van der Waals surface area contributed by atoms with Gasteiger partial charge in [-0.2, -0.15) is 0 Å². The molecule has 0 amide bonds. The molecule has 0 spiro atoms. The van der Waals surface area contributed by atoms with E-state index in [1.54, 1.807) is 6.92 Å². The number of aromatic nitrogens is 2. The Morgan fingerprint density at radius 1 is 1.73 bits per heavy atom. The summed E-state index contributed by atoms with van der Waals surface area (Å²) < 4.78 is 0. The summed E-state index contributed by atoms with van der Waals surface area (Å²) in [6.07, 6.45) is 0.470. The van der Waals surface area contributed by atoms with E-state index in [-0.39, 0.29) is 23.2 Å². The molecule has 8 heteroatoms. The van der Waals surface area contributed by atoms with E-state index in [0.29, 0.717) is 0 Å². The zero-order valence-corrected chi connectivity index (χ0v) is 8.60. The number of halogens is 1. The van der Waals surface area contributed by atoms with E-state index < -0.39 is 11.0 Å². The zero-order chi connectivity index (χ0) is 11.4. The fraction of sp³-hybridized carbons (Fsp3) is 0.429. The molecule has 0 saturated carbocycles. The highest BCUT2D eigenvalue weighted by molar-refractivity contribution is 6.31. The van der Waals surface area contributed by atoms with Gasteiger partial charge >= 0.3 is 5.69 Å². The molecule has 0 bridgehead atoms. The van der Waals surface area contributed by atoms with Crippen LogP contribution < -0.4 is 5.32 Å². The zero-order valence-electron chi connectivity index (χ0n) is 7.85. The Balaban J connectivity index is 2.96. The molecule has 0 aromatic carbocycles. The number of aliphatic hydroxyl groups excluding tert-OH is 1. The molecule has 0 fully saturated rings. The molecule has 1 atom stereocenters. The Morgan fingerprint density at radius 3 is 2.93 bits per heavy atom. The van der Waals surface area contributed by atoms with Crippen LogP contribution in [0.25, 0.3) is 0 Å². The van der Waals surface area contributed by atoms with Crippen LogP contribution in [0.15, 0.2) is 6.33 Å². The van der Waals surface area contributed by atoms with Crippen molar-refractivity contribution in [1.29, 1.82) is 0 Å². The van der Waals surface area contributed by atoms with Gasteiger partial charge in [-0.15, -0.1) is 0 Å². The second-order valence-electron chi connectivity index (χ2n) is 2.85. The van der Waals surface area contributed by atoms with Crippen LogP contribution in [-0.2, 0) is 0 Å². The van der Waals surface area contributed by atoms with Crippen molar-refractivity contribution < 1.29 is 10.0 Å². The third-order valence-corrected chi connectivity index (χ3v) is 1.80. The van der Waals surface area contributed by atoms with Crippen molar-refractivity contribution in [2.45, 2.75) is 13.0 Å². The first-order valence-corrected chi connectivity index (χ1v) is 4.47. The lowest BCUT2D eigenvalue weighted by Crippen LogP contribution is -2.17. The standard InChI is InChI=1S/C7H9ClN4O3/c1-4(13)2-9-7-5(12(14)15)6(8)10-3-11-7/h3-4,13H,2H2,1H3,(H,9,10,11). The van der Waals surface area contributed by atoms with Gasteiger partial charge in [0.25, 0.3) is 0 Å². The normalized spacial score (nSPS) is 12.2. The first kappa shape index (κ1) is 11.6. The first-order chi connectivity index (χ1) is 7.02. The van der Waals surface area contributed by atoms with Crippen molar-refractivity contribution in [3.8, 4) is 0 Å². The number of nitrogens with one attached hydrogen (secondary N) is 1.